The van der Waals surface area contributed by atoms with Gasteiger partial charge in [0.2, 0.25) is 5.91 Å². The number of rotatable bonds is 8. The second kappa shape index (κ2) is 9.72. The minimum absolute atomic E-state index is 0.143. The van der Waals surface area contributed by atoms with Gasteiger partial charge >= 0.3 is 0 Å². The summed E-state index contributed by atoms with van der Waals surface area (Å²) >= 11 is 1.40. The van der Waals surface area contributed by atoms with Crippen molar-refractivity contribution >= 4 is 42.4 Å². The first-order chi connectivity index (χ1) is 15.9. The lowest BCUT2D eigenvalue weighted by atomic mass is 10.2. The fourth-order valence-electron chi connectivity index (χ4n) is 3.51. The van der Waals surface area contributed by atoms with Crippen molar-refractivity contribution in [2.45, 2.75) is 24.8 Å². The average molecular weight is 481 g/mol. The van der Waals surface area contributed by atoms with Crippen LogP contribution in [-0.2, 0) is 21.2 Å². The number of aryl methyl sites for hydroxylation is 1. The van der Waals surface area contributed by atoms with Crippen molar-refractivity contribution < 1.29 is 17.9 Å². The zero-order valence-electron chi connectivity index (χ0n) is 18.4. The van der Waals surface area contributed by atoms with E-state index in [0.717, 1.165) is 15.8 Å². The van der Waals surface area contributed by atoms with E-state index < -0.39 is 9.84 Å². The van der Waals surface area contributed by atoms with Gasteiger partial charge in [0, 0.05) is 6.42 Å². The number of nitrogens with zero attached hydrogens (tertiary/aromatic N) is 2. The molecule has 0 bridgehead atoms. The fourth-order valence-corrected chi connectivity index (χ4v) is 5.83. The van der Waals surface area contributed by atoms with Crippen molar-refractivity contribution in [3.05, 3.63) is 83.9 Å². The van der Waals surface area contributed by atoms with Gasteiger partial charge in [-0.25, -0.2) is 13.4 Å². The normalized spacial score (nSPS) is 11.5. The Morgan fingerprint density at radius 3 is 2.33 bits per heavy atom. The SMILES string of the molecule is COc1ccc(C)c2sc(N(Cc3ccccc3)C(=O)CCS(=O)(=O)c3ccccc3)nc12. The third-order valence-electron chi connectivity index (χ3n) is 5.31. The van der Waals surface area contributed by atoms with Gasteiger partial charge in [0.15, 0.2) is 15.0 Å². The van der Waals surface area contributed by atoms with Crippen LogP contribution in [0.1, 0.15) is 17.5 Å². The lowest BCUT2D eigenvalue weighted by Crippen LogP contribution is -2.31. The van der Waals surface area contributed by atoms with Crippen LogP contribution in [0.2, 0.25) is 0 Å². The number of anilines is 1. The summed E-state index contributed by atoms with van der Waals surface area (Å²) in [6, 6.07) is 21.6. The van der Waals surface area contributed by atoms with E-state index in [2.05, 4.69) is 0 Å². The van der Waals surface area contributed by atoms with Gasteiger partial charge in [-0.05, 0) is 36.2 Å². The Kier molecular flexibility index (Phi) is 6.76. The van der Waals surface area contributed by atoms with Crippen LogP contribution in [-0.4, -0.2) is 32.2 Å². The molecule has 0 unspecified atom stereocenters. The van der Waals surface area contributed by atoms with E-state index in [9.17, 15) is 13.2 Å². The number of amides is 1. The third kappa shape index (κ3) is 5.07. The molecule has 4 aromatic rings. The largest absolute Gasteiger partial charge is 0.494 e. The van der Waals surface area contributed by atoms with Crippen LogP contribution in [0.4, 0.5) is 5.13 Å². The van der Waals surface area contributed by atoms with Crippen molar-refractivity contribution in [3.63, 3.8) is 0 Å². The first kappa shape index (κ1) is 22.9. The van der Waals surface area contributed by atoms with Crippen molar-refractivity contribution in [2.75, 3.05) is 17.8 Å². The maximum Gasteiger partial charge on any atom is 0.230 e. The van der Waals surface area contributed by atoms with Crippen LogP contribution in [0, 0.1) is 6.92 Å². The predicted octanol–water partition coefficient (Wildman–Crippen LogP) is 5.01. The number of ether oxygens (including phenoxy) is 1. The summed E-state index contributed by atoms with van der Waals surface area (Å²) in [6.45, 7) is 2.28. The van der Waals surface area contributed by atoms with Crippen LogP contribution in [0.3, 0.4) is 0 Å². The number of hydrogen-bond donors (Lipinski definition) is 0. The Hall–Kier alpha value is -3.23. The number of benzene rings is 3. The van der Waals surface area contributed by atoms with E-state index >= 15 is 0 Å². The minimum Gasteiger partial charge on any atom is -0.494 e. The second-order valence-corrected chi connectivity index (χ2v) is 10.7. The molecule has 33 heavy (non-hydrogen) atoms. The second-order valence-electron chi connectivity index (χ2n) is 7.61. The van der Waals surface area contributed by atoms with Gasteiger partial charge in [-0.1, -0.05) is 65.9 Å². The smallest absolute Gasteiger partial charge is 0.230 e. The van der Waals surface area contributed by atoms with Crippen LogP contribution >= 0.6 is 11.3 Å². The van der Waals surface area contributed by atoms with Crippen molar-refractivity contribution in [2.24, 2.45) is 0 Å². The molecule has 170 valence electrons. The minimum atomic E-state index is -3.57. The van der Waals surface area contributed by atoms with Gasteiger partial charge in [0.05, 0.1) is 29.0 Å². The van der Waals surface area contributed by atoms with Crippen LogP contribution < -0.4 is 9.64 Å². The molecule has 3 aromatic carbocycles. The fraction of sp³-hybridized carbons (Fsp3) is 0.200. The number of sulfone groups is 1. The highest BCUT2D eigenvalue weighted by molar-refractivity contribution is 7.91. The topological polar surface area (TPSA) is 76.6 Å². The quantitative estimate of drug-likeness (QED) is 0.354. The molecular weight excluding hydrogens is 456 g/mol. The molecule has 0 aliphatic rings. The van der Waals surface area contributed by atoms with Crippen LogP contribution in [0.5, 0.6) is 5.75 Å². The van der Waals surface area contributed by atoms with Crippen LogP contribution in [0.15, 0.2) is 77.7 Å². The lowest BCUT2D eigenvalue weighted by Gasteiger charge is -2.20. The molecule has 0 N–H and O–H groups in total. The predicted molar refractivity (Wildman–Crippen MR) is 132 cm³/mol. The Morgan fingerprint density at radius 2 is 1.67 bits per heavy atom. The molecule has 0 fully saturated rings. The van der Waals surface area contributed by atoms with Gasteiger partial charge in [0.25, 0.3) is 0 Å². The number of carbonyl (C=O) groups excluding carboxylic acids is 1. The molecule has 0 radical (unpaired) electrons. The maximum absolute atomic E-state index is 13.3. The first-order valence-corrected chi connectivity index (χ1v) is 12.9. The van der Waals surface area contributed by atoms with E-state index in [4.69, 9.17) is 9.72 Å². The third-order valence-corrected chi connectivity index (χ3v) is 8.26. The highest BCUT2D eigenvalue weighted by atomic mass is 32.2. The molecule has 0 atom stereocenters. The number of methoxy groups -OCH3 is 1. The number of aromatic nitrogens is 1. The Bertz CT molecular complexity index is 1370. The van der Waals surface area contributed by atoms with Gasteiger partial charge in [-0.3, -0.25) is 9.69 Å². The van der Waals surface area contributed by atoms with E-state index in [-0.39, 0.29) is 23.0 Å². The van der Waals surface area contributed by atoms with E-state index in [1.807, 2.05) is 49.4 Å². The molecule has 4 rings (SSSR count). The number of hydrogen-bond acceptors (Lipinski definition) is 6. The summed E-state index contributed by atoms with van der Waals surface area (Å²) in [4.78, 5) is 19.8. The van der Waals surface area contributed by atoms with Crippen molar-refractivity contribution in [3.8, 4) is 5.75 Å². The molecule has 0 spiro atoms. The highest BCUT2D eigenvalue weighted by Crippen LogP contribution is 2.37. The molecule has 0 aliphatic carbocycles. The zero-order chi connectivity index (χ0) is 23.4. The molecule has 8 heteroatoms. The molecule has 0 saturated carbocycles. The van der Waals surface area contributed by atoms with Gasteiger partial charge < -0.3 is 4.74 Å². The zero-order valence-corrected chi connectivity index (χ0v) is 20.0. The number of fused-ring (bicyclic) bond motifs is 1. The van der Waals surface area contributed by atoms with Crippen molar-refractivity contribution in [1.29, 1.82) is 0 Å². The Balaban J connectivity index is 1.66. The molecule has 1 aromatic heterocycles. The van der Waals surface area contributed by atoms with E-state index in [1.54, 1.807) is 42.3 Å². The molecule has 0 saturated heterocycles. The summed E-state index contributed by atoms with van der Waals surface area (Å²) in [5.74, 6) is 0.0693. The van der Waals surface area contributed by atoms with E-state index in [1.165, 1.54) is 11.3 Å². The lowest BCUT2D eigenvalue weighted by molar-refractivity contribution is -0.118. The molecule has 1 heterocycles. The molecular formula is C25H24N2O4S2. The summed E-state index contributed by atoms with van der Waals surface area (Å²) in [5.41, 5.74) is 2.66. The Morgan fingerprint density at radius 1 is 1.00 bits per heavy atom. The summed E-state index contributed by atoms with van der Waals surface area (Å²) in [7, 11) is -1.98. The first-order valence-electron chi connectivity index (χ1n) is 10.5. The van der Waals surface area contributed by atoms with E-state index in [0.29, 0.717) is 22.9 Å². The monoisotopic (exact) mass is 480 g/mol. The van der Waals surface area contributed by atoms with Gasteiger partial charge in [-0.2, -0.15) is 0 Å². The number of carbonyl (C=O) groups is 1. The summed E-state index contributed by atoms with van der Waals surface area (Å²) < 4.78 is 31.8. The summed E-state index contributed by atoms with van der Waals surface area (Å²) in [6.07, 6.45) is -0.143. The molecule has 0 aliphatic heterocycles. The maximum atomic E-state index is 13.3. The van der Waals surface area contributed by atoms with Gasteiger partial charge in [0.1, 0.15) is 11.3 Å². The average Bonchev–Trinajstić information content (AvgIpc) is 3.29. The van der Waals surface area contributed by atoms with Crippen molar-refractivity contribution in [1.82, 2.24) is 4.98 Å². The highest BCUT2D eigenvalue weighted by Gasteiger charge is 2.24. The molecule has 1 amide bonds. The van der Waals surface area contributed by atoms with Gasteiger partial charge in [-0.15, -0.1) is 0 Å². The summed E-state index contributed by atoms with van der Waals surface area (Å²) in [5, 5.41) is 0.517. The standard InChI is InChI=1S/C25H24N2O4S2/c1-18-13-14-21(31-2)23-24(18)32-25(26-23)27(17-19-9-5-3-6-10-19)22(28)15-16-33(29,30)20-11-7-4-8-12-20/h3-14H,15-17H2,1-2H3. The Labute approximate surface area is 197 Å². The number of thiazole rings is 1. The van der Waals surface area contributed by atoms with Crippen LogP contribution in [0.25, 0.3) is 10.2 Å². The molecule has 6 nitrogen and oxygen atoms in total.